The maximum Gasteiger partial charge on any atom is 0.314 e. The van der Waals surface area contributed by atoms with E-state index in [0.29, 0.717) is 18.4 Å². The first kappa shape index (κ1) is 12.1. The van der Waals surface area contributed by atoms with Crippen LogP contribution in [0, 0.1) is 0 Å². The molecular formula is C12H14O4S. The molecular weight excluding hydrogens is 240 g/mol. The van der Waals surface area contributed by atoms with Crippen molar-refractivity contribution in [1.29, 1.82) is 0 Å². The molecule has 17 heavy (non-hydrogen) atoms. The van der Waals surface area contributed by atoms with Crippen LogP contribution >= 0.6 is 0 Å². The van der Waals surface area contributed by atoms with Gasteiger partial charge in [-0.3, -0.25) is 4.79 Å². The average molecular weight is 254 g/mol. The Hall–Kier alpha value is -1.36. The lowest BCUT2D eigenvalue weighted by Gasteiger charge is -2.11. The Bertz CT molecular complexity index is 556. The Labute approximate surface area is 100 Å². The van der Waals surface area contributed by atoms with E-state index in [1.165, 1.54) is 12.1 Å². The highest BCUT2D eigenvalue weighted by molar-refractivity contribution is 7.91. The number of benzene rings is 1. The lowest BCUT2D eigenvalue weighted by atomic mass is 9.96. The molecule has 0 atom stereocenters. The van der Waals surface area contributed by atoms with Crippen LogP contribution in [0.1, 0.15) is 25.3 Å². The third-order valence-electron chi connectivity index (χ3n) is 3.29. The highest BCUT2D eigenvalue weighted by Crippen LogP contribution is 2.48. The molecule has 0 spiro atoms. The van der Waals surface area contributed by atoms with Crippen molar-refractivity contribution >= 4 is 15.8 Å². The molecule has 1 aliphatic carbocycles. The molecule has 2 rings (SSSR count). The summed E-state index contributed by atoms with van der Waals surface area (Å²) in [6, 6.07) is 6.32. The standard InChI is InChI=1S/C12H14O4S/c1-2-17(15,16)10-5-3-4-9(8-10)12(6-7-12)11(13)14/h3-5,8H,2,6-7H2,1H3,(H,13,14). The van der Waals surface area contributed by atoms with E-state index in [-0.39, 0.29) is 10.6 Å². The molecule has 1 N–H and O–H groups in total. The molecule has 1 aromatic rings. The van der Waals surface area contributed by atoms with Gasteiger partial charge in [0.05, 0.1) is 16.1 Å². The van der Waals surface area contributed by atoms with E-state index in [9.17, 15) is 13.2 Å². The Morgan fingerprint density at radius 3 is 2.53 bits per heavy atom. The number of hydrogen-bond donors (Lipinski definition) is 1. The molecule has 5 heteroatoms. The van der Waals surface area contributed by atoms with E-state index in [2.05, 4.69) is 0 Å². The quantitative estimate of drug-likeness (QED) is 0.885. The number of carboxylic acids is 1. The first-order chi connectivity index (χ1) is 7.92. The summed E-state index contributed by atoms with van der Waals surface area (Å²) in [4.78, 5) is 11.4. The van der Waals surface area contributed by atoms with Crippen LogP contribution in [-0.4, -0.2) is 25.2 Å². The number of carbonyl (C=O) groups is 1. The highest BCUT2D eigenvalue weighted by atomic mass is 32.2. The lowest BCUT2D eigenvalue weighted by Crippen LogP contribution is -2.20. The van der Waals surface area contributed by atoms with Crippen molar-refractivity contribution < 1.29 is 18.3 Å². The van der Waals surface area contributed by atoms with E-state index in [0.717, 1.165) is 0 Å². The number of sulfone groups is 1. The number of aliphatic carboxylic acids is 1. The Morgan fingerprint density at radius 1 is 1.41 bits per heavy atom. The Balaban J connectivity index is 2.47. The fraction of sp³-hybridized carbons (Fsp3) is 0.417. The van der Waals surface area contributed by atoms with Crippen LogP contribution in [0.15, 0.2) is 29.2 Å². The van der Waals surface area contributed by atoms with Gasteiger partial charge < -0.3 is 5.11 Å². The van der Waals surface area contributed by atoms with Crippen LogP contribution in [0.5, 0.6) is 0 Å². The zero-order valence-corrected chi connectivity index (χ0v) is 10.3. The molecule has 1 saturated carbocycles. The van der Waals surface area contributed by atoms with Gasteiger partial charge in [-0.25, -0.2) is 8.42 Å². The predicted molar refractivity (Wildman–Crippen MR) is 62.7 cm³/mol. The molecule has 0 heterocycles. The second kappa shape index (κ2) is 3.84. The first-order valence-electron chi connectivity index (χ1n) is 5.49. The summed E-state index contributed by atoms with van der Waals surface area (Å²) in [6.45, 7) is 1.58. The number of carboxylic acid groups (broad SMARTS) is 1. The molecule has 1 aromatic carbocycles. The molecule has 92 valence electrons. The van der Waals surface area contributed by atoms with E-state index >= 15 is 0 Å². The normalized spacial score (nSPS) is 17.7. The summed E-state index contributed by atoms with van der Waals surface area (Å²) < 4.78 is 23.4. The summed E-state index contributed by atoms with van der Waals surface area (Å²) in [7, 11) is -3.27. The topological polar surface area (TPSA) is 71.4 Å². The second-order valence-corrected chi connectivity index (χ2v) is 6.60. The minimum Gasteiger partial charge on any atom is -0.481 e. The fourth-order valence-electron chi connectivity index (χ4n) is 1.90. The monoisotopic (exact) mass is 254 g/mol. The van der Waals surface area contributed by atoms with Gasteiger partial charge in [0.2, 0.25) is 0 Å². The Kier molecular flexibility index (Phi) is 2.73. The van der Waals surface area contributed by atoms with Crippen LogP contribution in [0.25, 0.3) is 0 Å². The van der Waals surface area contributed by atoms with Crippen molar-refractivity contribution in [1.82, 2.24) is 0 Å². The van der Waals surface area contributed by atoms with E-state index in [1.807, 2.05) is 0 Å². The van der Waals surface area contributed by atoms with Gasteiger partial charge in [0, 0.05) is 0 Å². The fourth-order valence-corrected chi connectivity index (χ4v) is 2.83. The third-order valence-corrected chi connectivity index (χ3v) is 5.02. The van der Waals surface area contributed by atoms with E-state index in [1.54, 1.807) is 19.1 Å². The van der Waals surface area contributed by atoms with Crippen molar-refractivity contribution in [2.45, 2.75) is 30.1 Å². The summed E-state index contributed by atoms with van der Waals surface area (Å²) in [5.41, 5.74) is -0.251. The maximum absolute atomic E-state index is 11.7. The number of rotatable bonds is 4. The van der Waals surface area contributed by atoms with E-state index in [4.69, 9.17) is 5.11 Å². The number of hydrogen-bond acceptors (Lipinski definition) is 3. The molecule has 0 saturated heterocycles. The van der Waals surface area contributed by atoms with Crippen molar-refractivity contribution in [3.63, 3.8) is 0 Å². The van der Waals surface area contributed by atoms with Crippen LogP contribution < -0.4 is 0 Å². The molecule has 0 unspecified atom stereocenters. The van der Waals surface area contributed by atoms with Gasteiger partial charge in [0.1, 0.15) is 0 Å². The zero-order valence-electron chi connectivity index (χ0n) is 9.51. The van der Waals surface area contributed by atoms with Crippen LogP contribution in [0.4, 0.5) is 0 Å². The van der Waals surface area contributed by atoms with Crippen molar-refractivity contribution in [2.75, 3.05) is 5.75 Å². The summed E-state index contributed by atoms with van der Waals surface area (Å²) >= 11 is 0. The van der Waals surface area contributed by atoms with Gasteiger partial charge in [-0.2, -0.15) is 0 Å². The molecule has 0 bridgehead atoms. The second-order valence-electron chi connectivity index (χ2n) is 4.32. The van der Waals surface area contributed by atoms with Gasteiger partial charge >= 0.3 is 5.97 Å². The van der Waals surface area contributed by atoms with Crippen LogP contribution in [0.2, 0.25) is 0 Å². The summed E-state index contributed by atoms with van der Waals surface area (Å²) in [6.07, 6.45) is 1.16. The SMILES string of the molecule is CCS(=O)(=O)c1cccc(C2(C(=O)O)CC2)c1. The first-order valence-corrected chi connectivity index (χ1v) is 7.14. The molecule has 0 radical (unpaired) electrons. The van der Waals surface area contributed by atoms with Gasteiger partial charge in [-0.15, -0.1) is 0 Å². The maximum atomic E-state index is 11.7. The van der Waals surface area contributed by atoms with Gasteiger partial charge in [-0.05, 0) is 30.5 Å². The minimum absolute atomic E-state index is 0.0243. The Morgan fingerprint density at radius 2 is 2.06 bits per heavy atom. The third kappa shape index (κ3) is 1.95. The predicted octanol–water partition coefficient (Wildman–Crippen LogP) is 1.60. The summed E-state index contributed by atoms with van der Waals surface area (Å²) in [5, 5.41) is 9.16. The van der Waals surface area contributed by atoms with E-state index < -0.39 is 21.2 Å². The zero-order chi connectivity index (χ0) is 12.7. The molecule has 0 aliphatic heterocycles. The van der Waals surface area contributed by atoms with Crippen LogP contribution in [0.3, 0.4) is 0 Å². The van der Waals surface area contributed by atoms with Crippen molar-refractivity contribution in [2.24, 2.45) is 0 Å². The molecule has 0 aromatic heterocycles. The molecule has 0 amide bonds. The molecule has 4 nitrogen and oxygen atoms in total. The van der Waals surface area contributed by atoms with Gasteiger partial charge in [0.15, 0.2) is 9.84 Å². The largest absolute Gasteiger partial charge is 0.481 e. The van der Waals surface area contributed by atoms with Gasteiger partial charge in [0.25, 0.3) is 0 Å². The van der Waals surface area contributed by atoms with Crippen molar-refractivity contribution in [3.05, 3.63) is 29.8 Å². The minimum atomic E-state index is -3.27. The highest BCUT2D eigenvalue weighted by Gasteiger charge is 2.51. The average Bonchev–Trinajstić information content (AvgIpc) is 3.10. The molecule has 1 fully saturated rings. The van der Waals surface area contributed by atoms with Gasteiger partial charge in [-0.1, -0.05) is 19.1 Å². The smallest absolute Gasteiger partial charge is 0.314 e. The van der Waals surface area contributed by atoms with Crippen molar-refractivity contribution in [3.8, 4) is 0 Å². The molecule has 1 aliphatic rings. The van der Waals surface area contributed by atoms with Crippen LogP contribution in [-0.2, 0) is 20.0 Å². The lowest BCUT2D eigenvalue weighted by molar-refractivity contribution is -0.140. The summed E-state index contributed by atoms with van der Waals surface area (Å²) in [5.74, 6) is -0.847.